The summed E-state index contributed by atoms with van der Waals surface area (Å²) < 4.78 is 16.7. The first-order valence-electron chi connectivity index (χ1n) is 7.45. The lowest BCUT2D eigenvalue weighted by Gasteiger charge is -2.11. The standard InChI is InChI=1S/C17H21NO5/c1-12(2)23-14-4-5-15-13(10-14)6-7-18(17(15)20)11-16(19)22-9-8-21-3/h4-7,10,12H,8-9,11H2,1-3H3. The zero-order valence-corrected chi connectivity index (χ0v) is 13.6. The Morgan fingerprint density at radius 1 is 1.22 bits per heavy atom. The molecule has 0 fully saturated rings. The van der Waals surface area contributed by atoms with Crippen molar-refractivity contribution in [1.29, 1.82) is 0 Å². The van der Waals surface area contributed by atoms with Crippen molar-refractivity contribution in [2.24, 2.45) is 0 Å². The maximum absolute atomic E-state index is 12.4. The van der Waals surface area contributed by atoms with Crippen LogP contribution in [0.1, 0.15) is 13.8 Å². The van der Waals surface area contributed by atoms with Crippen molar-refractivity contribution >= 4 is 16.7 Å². The molecule has 0 amide bonds. The highest BCUT2D eigenvalue weighted by Crippen LogP contribution is 2.19. The maximum Gasteiger partial charge on any atom is 0.326 e. The molecule has 0 aliphatic rings. The molecule has 1 heterocycles. The Morgan fingerprint density at radius 2 is 2.00 bits per heavy atom. The zero-order chi connectivity index (χ0) is 16.8. The summed E-state index contributed by atoms with van der Waals surface area (Å²) in [6.45, 7) is 4.27. The minimum absolute atomic E-state index is 0.0645. The maximum atomic E-state index is 12.4. The van der Waals surface area contributed by atoms with Gasteiger partial charge in [-0.3, -0.25) is 9.59 Å². The zero-order valence-electron chi connectivity index (χ0n) is 13.6. The van der Waals surface area contributed by atoms with E-state index in [4.69, 9.17) is 14.2 Å². The summed E-state index contributed by atoms with van der Waals surface area (Å²) >= 11 is 0. The SMILES string of the molecule is COCCOC(=O)Cn1ccc2cc(OC(C)C)ccc2c1=O. The van der Waals surface area contributed by atoms with E-state index in [1.54, 1.807) is 24.4 Å². The van der Waals surface area contributed by atoms with Crippen LogP contribution in [0.4, 0.5) is 0 Å². The van der Waals surface area contributed by atoms with Crippen LogP contribution in [-0.4, -0.2) is 37.0 Å². The molecule has 6 heteroatoms. The average Bonchev–Trinajstić information content (AvgIpc) is 2.50. The normalized spacial score (nSPS) is 11.0. The minimum Gasteiger partial charge on any atom is -0.491 e. The predicted octanol–water partition coefficient (Wildman–Crippen LogP) is 1.98. The molecule has 124 valence electrons. The van der Waals surface area contributed by atoms with Crippen LogP contribution < -0.4 is 10.3 Å². The second kappa shape index (κ2) is 7.78. The van der Waals surface area contributed by atoms with Gasteiger partial charge < -0.3 is 18.8 Å². The van der Waals surface area contributed by atoms with Crippen LogP contribution in [0.5, 0.6) is 5.75 Å². The third-order valence-corrected chi connectivity index (χ3v) is 3.17. The largest absolute Gasteiger partial charge is 0.491 e. The van der Waals surface area contributed by atoms with Gasteiger partial charge in [-0.05, 0) is 43.5 Å². The molecule has 0 saturated heterocycles. The molecule has 1 aromatic heterocycles. The molecule has 0 saturated carbocycles. The van der Waals surface area contributed by atoms with Gasteiger partial charge >= 0.3 is 5.97 Å². The Balaban J connectivity index is 2.18. The molecule has 0 spiro atoms. The number of rotatable bonds is 7. The fourth-order valence-corrected chi connectivity index (χ4v) is 2.16. The fraction of sp³-hybridized carbons (Fsp3) is 0.412. The molecular formula is C17H21NO5. The van der Waals surface area contributed by atoms with Gasteiger partial charge in [0.2, 0.25) is 0 Å². The van der Waals surface area contributed by atoms with Crippen LogP contribution >= 0.6 is 0 Å². The number of fused-ring (bicyclic) bond motifs is 1. The summed E-state index contributed by atoms with van der Waals surface area (Å²) in [5, 5.41) is 1.31. The van der Waals surface area contributed by atoms with E-state index in [0.717, 1.165) is 5.39 Å². The van der Waals surface area contributed by atoms with Crippen molar-refractivity contribution in [3.63, 3.8) is 0 Å². The summed E-state index contributed by atoms with van der Waals surface area (Å²) in [5.74, 6) is 0.242. The van der Waals surface area contributed by atoms with Crippen LogP contribution in [0.3, 0.4) is 0 Å². The highest BCUT2D eigenvalue weighted by atomic mass is 16.6. The smallest absolute Gasteiger partial charge is 0.326 e. The van der Waals surface area contributed by atoms with E-state index in [2.05, 4.69) is 0 Å². The summed E-state index contributed by atoms with van der Waals surface area (Å²) in [7, 11) is 1.53. The van der Waals surface area contributed by atoms with Gasteiger partial charge in [0.25, 0.3) is 5.56 Å². The number of nitrogens with zero attached hydrogens (tertiary/aromatic N) is 1. The number of methoxy groups -OCH3 is 1. The van der Waals surface area contributed by atoms with Crippen LogP contribution in [0.25, 0.3) is 10.8 Å². The lowest BCUT2D eigenvalue weighted by molar-refractivity contribution is -0.145. The first-order chi connectivity index (χ1) is 11.0. The Labute approximate surface area is 134 Å². The second-order valence-corrected chi connectivity index (χ2v) is 5.38. The van der Waals surface area contributed by atoms with Crippen LogP contribution in [0.2, 0.25) is 0 Å². The van der Waals surface area contributed by atoms with Crippen molar-refractivity contribution in [3.8, 4) is 5.75 Å². The second-order valence-electron chi connectivity index (χ2n) is 5.38. The Bertz CT molecular complexity index is 735. The highest BCUT2D eigenvalue weighted by molar-refractivity contribution is 5.83. The lowest BCUT2D eigenvalue weighted by atomic mass is 10.1. The van der Waals surface area contributed by atoms with Gasteiger partial charge in [-0.2, -0.15) is 0 Å². The van der Waals surface area contributed by atoms with Crippen molar-refractivity contribution in [2.75, 3.05) is 20.3 Å². The average molecular weight is 319 g/mol. The van der Waals surface area contributed by atoms with E-state index in [9.17, 15) is 9.59 Å². The molecule has 0 unspecified atom stereocenters. The molecule has 6 nitrogen and oxygen atoms in total. The number of hydrogen-bond acceptors (Lipinski definition) is 5. The molecule has 0 atom stereocenters. The van der Waals surface area contributed by atoms with Gasteiger partial charge in [-0.1, -0.05) is 0 Å². The van der Waals surface area contributed by atoms with Crippen LogP contribution in [-0.2, 0) is 20.8 Å². The number of hydrogen-bond donors (Lipinski definition) is 0. The summed E-state index contributed by atoms with van der Waals surface area (Å²) in [4.78, 5) is 24.1. The number of ether oxygens (including phenoxy) is 3. The quantitative estimate of drug-likeness (QED) is 0.577. The lowest BCUT2D eigenvalue weighted by Crippen LogP contribution is -2.25. The summed E-state index contributed by atoms with van der Waals surface area (Å²) in [6.07, 6.45) is 1.65. The number of esters is 1. The highest BCUT2D eigenvalue weighted by Gasteiger charge is 2.09. The van der Waals surface area contributed by atoms with E-state index < -0.39 is 5.97 Å². The Hall–Kier alpha value is -2.34. The molecule has 0 bridgehead atoms. The Morgan fingerprint density at radius 3 is 2.70 bits per heavy atom. The van der Waals surface area contributed by atoms with Gasteiger partial charge in [0.05, 0.1) is 12.7 Å². The van der Waals surface area contributed by atoms with Crippen molar-refractivity contribution in [1.82, 2.24) is 4.57 Å². The first kappa shape index (κ1) is 17.0. The predicted molar refractivity (Wildman–Crippen MR) is 86.8 cm³/mol. The molecule has 0 N–H and O–H groups in total. The van der Waals surface area contributed by atoms with E-state index in [0.29, 0.717) is 17.7 Å². The fourth-order valence-electron chi connectivity index (χ4n) is 2.16. The van der Waals surface area contributed by atoms with Crippen LogP contribution in [0, 0.1) is 0 Å². The molecular weight excluding hydrogens is 298 g/mol. The van der Waals surface area contributed by atoms with Gasteiger partial charge in [0, 0.05) is 18.7 Å². The molecule has 0 aliphatic carbocycles. The Kier molecular flexibility index (Phi) is 5.76. The van der Waals surface area contributed by atoms with Crippen molar-refractivity contribution in [2.45, 2.75) is 26.5 Å². The van der Waals surface area contributed by atoms with E-state index in [1.165, 1.54) is 11.7 Å². The summed E-state index contributed by atoms with van der Waals surface area (Å²) in [5.41, 5.74) is -0.234. The molecule has 0 radical (unpaired) electrons. The molecule has 1 aromatic carbocycles. The summed E-state index contributed by atoms with van der Waals surface area (Å²) in [6, 6.07) is 7.07. The third-order valence-electron chi connectivity index (χ3n) is 3.17. The van der Waals surface area contributed by atoms with Crippen molar-refractivity contribution in [3.05, 3.63) is 40.8 Å². The van der Waals surface area contributed by atoms with Gasteiger partial charge in [-0.15, -0.1) is 0 Å². The third kappa shape index (κ3) is 4.56. The monoisotopic (exact) mass is 319 g/mol. The van der Waals surface area contributed by atoms with Crippen LogP contribution in [0.15, 0.2) is 35.3 Å². The van der Waals surface area contributed by atoms with Gasteiger partial charge in [0.15, 0.2) is 0 Å². The van der Waals surface area contributed by atoms with Gasteiger partial charge in [-0.25, -0.2) is 0 Å². The molecule has 23 heavy (non-hydrogen) atoms. The number of aromatic nitrogens is 1. The van der Waals surface area contributed by atoms with Gasteiger partial charge in [0.1, 0.15) is 18.9 Å². The number of pyridine rings is 1. The molecule has 2 aromatic rings. The number of carbonyl (C=O) groups is 1. The molecule has 2 rings (SSSR count). The van der Waals surface area contributed by atoms with E-state index in [-0.39, 0.29) is 24.8 Å². The minimum atomic E-state index is -0.469. The van der Waals surface area contributed by atoms with E-state index in [1.807, 2.05) is 19.9 Å². The van der Waals surface area contributed by atoms with E-state index >= 15 is 0 Å². The molecule has 0 aliphatic heterocycles. The first-order valence-corrected chi connectivity index (χ1v) is 7.45. The number of benzene rings is 1. The van der Waals surface area contributed by atoms with Crippen molar-refractivity contribution < 1.29 is 19.0 Å². The number of carbonyl (C=O) groups excluding carboxylic acids is 1. The topological polar surface area (TPSA) is 66.8 Å².